The van der Waals surface area contributed by atoms with Gasteiger partial charge in [0.05, 0.1) is 6.04 Å². The van der Waals surface area contributed by atoms with Gasteiger partial charge in [-0.2, -0.15) is 0 Å². The third kappa shape index (κ3) is 17.8. The molecular weight excluding hydrogens is 849 g/mol. The summed E-state index contributed by atoms with van der Waals surface area (Å²) in [6.07, 6.45) is -0.523. The number of carboxylic acid groups (broad SMARTS) is 1. The number of primary amides is 1. The fourth-order valence-electron chi connectivity index (χ4n) is 6.84. The zero-order valence-electron chi connectivity index (χ0n) is 36.3. The largest absolute Gasteiger partial charge is 0.508 e. The highest BCUT2D eigenvalue weighted by Gasteiger charge is 2.33. The van der Waals surface area contributed by atoms with Gasteiger partial charge in [-0.15, -0.1) is 0 Å². The van der Waals surface area contributed by atoms with Gasteiger partial charge < -0.3 is 59.7 Å². The predicted octanol–water partition coefficient (Wildman–Crippen LogP) is -0.182. The van der Waals surface area contributed by atoms with Gasteiger partial charge in [-0.05, 0) is 60.1 Å². The molecule has 19 nitrogen and oxygen atoms in total. The van der Waals surface area contributed by atoms with Crippen LogP contribution in [0.15, 0.2) is 120 Å². The van der Waals surface area contributed by atoms with Crippen LogP contribution in [0, 0.1) is 0 Å². The second-order valence-corrected chi connectivity index (χ2v) is 15.6. The molecule has 6 amide bonds. The number of rotatable bonds is 26. The van der Waals surface area contributed by atoms with E-state index in [1.165, 1.54) is 12.1 Å². The van der Waals surface area contributed by atoms with E-state index in [1.54, 1.807) is 103 Å². The third-order valence-corrected chi connectivity index (χ3v) is 10.3. The molecule has 0 spiro atoms. The molecule has 0 heterocycles. The van der Waals surface area contributed by atoms with Gasteiger partial charge in [-0.3, -0.25) is 33.8 Å². The Morgan fingerprint density at radius 2 is 0.864 bits per heavy atom. The third-order valence-electron chi connectivity index (χ3n) is 10.3. The smallest absolute Gasteiger partial charge is 0.326 e. The Balaban J connectivity index is 1.60. The average Bonchev–Trinajstić information content (AvgIpc) is 3.29. The van der Waals surface area contributed by atoms with Crippen molar-refractivity contribution >= 4 is 47.4 Å². The van der Waals surface area contributed by atoms with Gasteiger partial charge in [-0.25, -0.2) is 4.79 Å². The Morgan fingerprint density at radius 3 is 1.30 bits per heavy atom. The van der Waals surface area contributed by atoms with Gasteiger partial charge in [0.2, 0.25) is 35.4 Å². The van der Waals surface area contributed by atoms with E-state index in [0.29, 0.717) is 22.3 Å². The van der Waals surface area contributed by atoms with E-state index >= 15 is 0 Å². The molecule has 4 aromatic rings. The molecule has 15 N–H and O–H groups in total. The predicted molar refractivity (Wildman–Crippen MR) is 246 cm³/mol. The number of carbonyl (C=O) groups is 7. The molecule has 4 aromatic carbocycles. The summed E-state index contributed by atoms with van der Waals surface area (Å²) < 4.78 is 0. The number of amides is 6. The SMILES string of the molecule is NC(=O)CC[C@H](NC(=O)[C@H](Cc1ccccc1)NC(=O)[C@H](Cc1ccccc1)NC(=O)[C@@H](CCCN=C(N)N)NC(=O)[C@@H](N)Cc1ccc(O)cc1)C(=O)N[C@@H](Cc1ccccc1)C(=O)O. The Hall–Kier alpha value is -7.80. The number of phenolic OH excluding ortho intramolecular Hbond substituents is 1. The average molecular weight is 907 g/mol. The topological polar surface area (TPSA) is 337 Å². The van der Waals surface area contributed by atoms with Gasteiger partial charge in [0.25, 0.3) is 0 Å². The molecule has 0 fully saturated rings. The van der Waals surface area contributed by atoms with Gasteiger partial charge >= 0.3 is 5.97 Å². The monoisotopic (exact) mass is 906 g/mol. The zero-order valence-corrected chi connectivity index (χ0v) is 36.3. The standard InChI is InChI=1S/C47H58N10O9/c48-34(25-32-18-20-33(58)21-19-32)41(60)53-35(17-10-24-52-47(50)51)42(61)55-38(27-30-13-6-2-7-14-30)45(64)56-37(26-29-11-4-1-5-12-29)44(63)54-36(22-23-40(49)59)43(62)57-39(46(65)66)28-31-15-8-3-9-16-31/h1-9,11-16,18-21,34-39,58H,10,17,22-28,48H2,(H2,49,59)(H,53,60)(H,54,63)(H,55,61)(H,56,64)(H,57,62)(H,65,66)(H4,50,51,52)/t34-,35+,36-,37-,38-,39-/m0/s1. The minimum atomic E-state index is -1.46. The summed E-state index contributed by atoms with van der Waals surface area (Å²) in [5.41, 5.74) is 25.2. The number of hydrogen-bond acceptors (Lipinski definition) is 10. The van der Waals surface area contributed by atoms with E-state index < -0.39 is 77.7 Å². The van der Waals surface area contributed by atoms with Crippen LogP contribution in [0.25, 0.3) is 0 Å². The van der Waals surface area contributed by atoms with Gasteiger partial charge in [0, 0.05) is 32.2 Å². The number of benzene rings is 4. The Bertz CT molecular complexity index is 2260. The molecule has 6 atom stereocenters. The molecule has 0 aliphatic carbocycles. The van der Waals surface area contributed by atoms with Gasteiger partial charge in [-0.1, -0.05) is 103 Å². The van der Waals surface area contributed by atoms with Crippen LogP contribution in [0.3, 0.4) is 0 Å². The lowest BCUT2D eigenvalue weighted by atomic mass is 10.0. The second-order valence-electron chi connectivity index (χ2n) is 15.6. The van der Waals surface area contributed by atoms with Gasteiger partial charge in [0.15, 0.2) is 5.96 Å². The molecule has 0 radical (unpaired) electrons. The summed E-state index contributed by atoms with van der Waals surface area (Å²) in [5.74, 6) is -6.23. The number of aliphatic imine (C=N–C) groups is 1. The van der Waals surface area contributed by atoms with Crippen LogP contribution in [0.2, 0.25) is 0 Å². The Kier molecular flexibility index (Phi) is 20.1. The maximum Gasteiger partial charge on any atom is 0.326 e. The van der Waals surface area contributed by atoms with Gasteiger partial charge in [0.1, 0.15) is 36.0 Å². The lowest BCUT2D eigenvalue weighted by molar-refractivity contribution is -0.142. The molecule has 66 heavy (non-hydrogen) atoms. The van der Waals surface area contributed by atoms with Crippen LogP contribution in [-0.4, -0.2) is 100 Å². The highest BCUT2D eigenvalue weighted by atomic mass is 16.4. The summed E-state index contributed by atoms with van der Waals surface area (Å²) in [6, 6.07) is 24.2. The van der Waals surface area contributed by atoms with Crippen LogP contribution in [0.5, 0.6) is 5.75 Å². The zero-order chi connectivity index (χ0) is 48.0. The maximum absolute atomic E-state index is 14.5. The van der Waals surface area contributed by atoms with Crippen molar-refractivity contribution in [3.63, 3.8) is 0 Å². The minimum absolute atomic E-state index is 0.0296. The van der Waals surface area contributed by atoms with E-state index in [-0.39, 0.29) is 69.6 Å². The molecule has 0 aliphatic rings. The van der Waals surface area contributed by atoms with Crippen molar-refractivity contribution in [3.05, 3.63) is 138 Å². The second kappa shape index (κ2) is 26.1. The first kappa shape index (κ1) is 50.8. The number of phenols is 1. The number of hydrogen-bond donors (Lipinski definition) is 11. The first-order valence-corrected chi connectivity index (χ1v) is 21.3. The van der Waals surface area contributed by atoms with Crippen LogP contribution >= 0.6 is 0 Å². The summed E-state index contributed by atoms with van der Waals surface area (Å²) in [4.78, 5) is 98.1. The summed E-state index contributed by atoms with van der Waals surface area (Å²) in [7, 11) is 0. The van der Waals surface area contributed by atoms with Crippen molar-refractivity contribution in [2.75, 3.05) is 6.54 Å². The molecule has 0 aromatic heterocycles. The molecule has 4 rings (SSSR count). The lowest BCUT2D eigenvalue weighted by Crippen LogP contribution is -2.60. The Morgan fingerprint density at radius 1 is 0.485 bits per heavy atom. The van der Waals surface area contributed by atoms with Crippen molar-refractivity contribution in [2.24, 2.45) is 27.9 Å². The highest BCUT2D eigenvalue weighted by Crippen LogP contribution is 2.13. The van der Waals surface area contributed by atoms with Crippen LogP contribution in [0.4, 0.5) is 0 Å². The first-order valence-electron chi connectivity index (χ1n) is 21.3. The molecule has 0 saturated heterocycles. The molecular formula is C47H58N10O9. The van der Waals surface area contributed by atoms with Crippen LogP contribution in [0.1, 0.15) is 47.9 Å². The molecule has 19 heteroatoms. The number of aromatic hydroxyl groups is 1. The number of guanidine groups is 1. The number of carboxylic acids is 1. The first-order chi connectivity index (χ1) is 31.6. The summed E-state index contributed by atoms with van der Waals surface area (Å²) in [6.45, 7) is 0.119. The molecule has 0 saturated carbocycles. The lowest BCUT2D eigenvalue weighted by Gasteiger charge is -2.27. The maximum atomic E-state index is 14.5. The van der Waals surface area contributed by atoms with Crippen molar-refractivity contribution in [2.45, 2.75) is 87.6 Å². The van der Waals surface area contributed by atoms with Crippen LogP contribution in [-0.2, 0) is 59.2 Å². The molecule has 0 aliphatic heterocycles. The van der Waals surface area contributed by atoms with Crippen molar-refractivity contribution < 1.29 is 43.8 Å². The molecule has 0 bridgehead atoms. The van der Waals surface area contributed by atoms with Crippen molar-refractivity contribution in [1.82, 2.24) is 26.6 Å². The quantitative estimate of drug-likeness (QED) is 0.0222. The van der Waals surface area contributed by atoms with E-state index in [2.05, 4.69) is 31.6 Å². The van der Waals surface area contributed by atoms with E-state index in [0.717, 1.165) is 0 Å². The number of carbonyl (C=O) groups excluding carboxylic acids is 6. The fourth-order valence-corrected chi connectivity index (χ4v) is 6.84. The number of nitrogens with one attached hydrogen (secondary N) is 5. The van der Waals surface area contributed by atoms with E-state index in [9.17, 15) is 43.8 Å². The normalized spacial score (nSPS) is 13.5. The number of nitrogens with zero attached hydrogens (tertiary/aromatic N) is 1. The minimum Gasteiger partial charge on any atom is -0.508 e. The Labute approximate surface area is 382 Å². The van der Waals surface area contributed by atoms with E-state index in [1.807, 2.05) is 0 Å². The van der Waals surface area contributed by atoms with Crippen molar-refractivity contribution in [1.29, 1.82) is 0 Å². The molecule has 350 valence electrons. The van der Waals surface area contributed by atoms with E-state index in [4.69, 9.17) is 22.9 Å². The summed E-state index contributed by atoms with van der Waals surface area (Å²) in [5, 5.41) is 32.8. The molecule has 0 unspecified atom stereocenters. The number of nitrogens with two attached hydrogens (primary N) is 4. The fraction of sp³-hybridized carbons (Fsp3) is 0.319. The number of aliphatic carboxylic acids is 1. The van der Waals surface area contributed by atoms with Crippen LogP contribution < -0.4 is 49.5 Å². The summed E-state index contributed by atoms with van der Waals surface area (Å²) >= 11 is 0. The highest BCUT2D eigenvalue weighted by molar-refractivity contribution is 5.97. The van der Waals surface area contributed by atoms with Crippen molar-refractivity contribution in [3.8, 4) is 5.75 Å².